The van der Waals surface area contributed by atoms with E-state index in [1.54, 1.807) is 0 Å². The van der Waals surface area contributed by atoms with Gasteiger partial charge in [0.05, 0.1) is 11.4 Å². The van der Waals surface area contributed by atoms with Crippen molar-refractivity contribution in [3.05, 3.63) is 72.3 Å². The summed E-state index contributed by atoms with van der Waals surface area (Å²) in [6, 6.07) is 19.2. The van der Waals surface area contributed by atoms with Crippen molar-refractivity contribution in [2.24, 2.45) is 32.1 Å². The Bertz CT molecular complexity index is 992. The van der Waals surface area contributed by atoms with Crippen molar-refractivity contribution in [1.29, 1.82) is 0 Å². The van der Waals surface area contributed by atoms with Crippen LogP contribution < -0.4 is 5.43 Å². The van der Waals surface area contributed by atoms with Crippen LogP contribution in [-0.4, -0.2) is 11.6 Å². The molecule has 2 atom stereocenters. The molecule has 2 aromatic carbocycles. The van der Waals surface area contributed by atoms with E-state index in [0.717, 1.165) is 29.8 Å². The number of anilines is 1. The number of azo groups is 1. The molecule has 5 nitrogen and oxygen atoms in total. The number of nitrogens with one attached hydrogen (secondary N) is 1. The Balaban J connectivity index is 1.68. The Morgan fingerprint density at radius 2 is 1.69 bits per heavy atom. The number of ketones is 1. The number of hydrogen-bond acceptors (Lipinski definition) is 4. The molecule has 0 aliphatic heterocycles. The molecule has 2 aliphatic rings. The van der Waals surface area contributed by atoms with Crippen LogP contribution in [0.4, 0.5) is 11.4 Å². The van der Waals surface area contributed by atoms with Crippen LogP contribution >= 0.6 is 0 Å². The molecule has 0 amide bonds. The number of allylic oxidation sites excluding steroid dienone is 1. The minimum Gasteiger partial charge on any atom is -0.294 e. The highest BCUT2D eigenvalue weighted by molar-refractivity contribution is 6.10. The smallest absolute Gasteiger partial charge is 0.194 e. The van der Waals surface area contributed by atoms with E-state index in [9.17, 15) is 4.79 Å². The molecule has 0 aromatic heterocycles. The zero-order valence-corrected chi connectivity index (χ0v) is 17.1. The largest absolute Gasteiger partial charge is 0.294 e. The topological polar surface area (TPSA) is 66.2 Å². The Morgan fingerprint density at radius 1 is 1.03 bits per heavy atom. The Hall–Kier alpha value is -3.08. The molecule has 0 spiro atoms. The fourth-order valence-electron chi connectivity index (χ4n) is 4.55. The quantitative estimate of drug-likeness (QED) is 0.225. The third-order valence-electron chi connectivity index (χ3n) is 6.75. The maximum absolute atomic E-state index is 13.2. The van der Waals surface area contributed by atoms with E-state index in [0.29, 0.717) is 5.84 Å². The lowest BCUT2D eigenvalue weighted by molar-refractivity contribution is -0.125. The van der Waals surface area contributed by atoms with Crippen LogP contribution in [0.3, 0.4) is 0 Å². The highest BCUT2D eigenvalue weighted by Crippen LogP contribution is 2.65. The predicted octanol–water partition coefficient (Wildman–Crippen LogP) is 6.15. The van der Waals surface area contributed by atoms with Crippen LogP contribution in [0, 0.1) is 16.7 Å². The number of Topliss-reactive ketones (excluding diaryl/α,β-unsaturated/α-hetero) is 1. The van der Waals surface area contributed by atoms with Gasteiger partial charge in [-0.25, -0.2) is 0 Å². The van der Waals surface area contributed by atoms with Crippen LogP contribution in [0.2, 0.25) is 0 Å². The molecule has 2 saturated carbocycles. The molecule has 29 heavy (non-hydrogen) atoms. The molecule has 4 rings (SSSR count). The first-order valence-electron chi connectivity index (χ1n) is 10.0. The van der Waals surface area contributed by atoms with Gasteiger partial charge in [0, 0.05) is 11.0 Å². The number of hydrazone groups is 1. The van der Waals surface area contributed by atoms with Crippen molar-refractivity contribution in [3.8, 4) is 0 Å². The molecule has 2 aromatic rings. The van der Waals surface area contributed by atoms with E-state index in [-0.39, 0.29) is 22.5 Å². The van der Waals surface area contributed by atoms with Gasteiger partial charge < -0.3 is 0 Å². The van der Waals surface area contributed by atoms with Gasteiger partial charge in [-0.2, -0.15) is 5.10 Å². The first kappa shape index (κ1) is 19.2. The average Bonchev–Trinajstić information content (AvgIpc) is 3.05. The molecule has 1 N–H and O–H groups in total. The van der Waals surface area contributed by atoms with Gasteiger partial charge in [-0.15, -0.1) is 10.2 Å². The van der Waals surface area contributed by atoms with E-state index in [4.69, 9.17) is 0 Å². The molecule has 2 unspecified atom stereocenters. The van der Waals surface area contributed by atoms with Crippen LogP contribution in [0.25, 0.3) is 0 Å². The van der Waals surface area contributed by atoms with E-state index >= 15 is 0 Å². The number of rotatable bonds is 4. The van der Waals surface area contributed by atoms with Gasteiger partial charge in [0.25, 0.3) is 0 Å². The van der Waals surface area contributed by atoms with E-state index < -0.39 is 0 Å². The minimum atomic E-state index is -0.307. The molecule has 2 bridgehead atoms. The Morgan fingerprint density at radius 3 is 2.31 bits per heavy atom. The van der Waals surface area contributed by atoms with Gasteiger partial charge in [-0.1, -0.05) is 57.2 Å². The maximum atomic E-state index is 13.2. The van der Waals surface area contributed by atoms with E-state index in [1.165, 1.54) is 0 Å². The Labute approximate surface area is 171 Å². The summed E-state index contributed by atoms with van der Waals surface area (Å²) in [5.74, 6) is 0.850. The van der Waals surface area contributed by atoms with Gasteiger partial charge in [0.2, 0.25) is 0 Å². The second-order valence-electron chi connectivity index (χ2n) is 8.56. The van der Waals surface area contributed by atoms with Gasteiger partial charge >= 0.3 is 0 Å². The molecule has 0 saturated heterocycles. The fourth-order valence-corrected chi connectivity index (χ4v) is 4.55. The number of fused-ring (bicyclic) bond motifs is 2. The van der Waals surface area contributed by atoms with Crippen molar-refractivity contribution < 1.29 is 4.79 Å². The third kappa shape index (κ3) is 3.41. The molecule has 0 radical (unpaired) electrons. The SMILES string of the molecule is CC12CCC(C(=CC(N=Nc3ccccc3)=NNc3ccccc3)C1=O)C2(C)C. The Kier molecular flexibility index (Phi) is 4.91. The number of carbonyl (C=O) groups excluding carboxylic acids is 1. The van der Waals surface area contributed by atoms with Crippen molar-refractivity contribution in [2.75, 3.05) is 5.43 Å². The molecular weight excluding hydrogens is 360 g/mol. The van der Waals surface area contributed by atoms with E-state index in [2.05, 4.69) is 41.5 Å². The molecule has 0 heterocycles. The molecular formula is C24H26N4O. The molecule has 2 fully saturated rings. The average molecular weight is 386 g/mol. The van der Waals surface area contributed by atoms with Crippen molar-refractivity contribution in [2.45, 2.75) is 33.6 Å². The lowest BCUT2D eigenvalue weighted by atomic mass is 9.70. The summed E-state index contributed by atoms with van der Waals surface area (Å²) >= 11 is 0. The second kappa shape index (κ2) is 7.39. The molecule has 5 heteroatoms. The summed E-state index contributed by atoms with van der Waals surface area (Å²) in [6.45, 7) is 6.50. The maximum Gasteiger partial charge on any atom is 0.194 e. The highest BCUT2D eigenvalue weighted by atomic mass is 16.1. The standard InChI is InChI=1S/C24H26N4O/c1-23(2)20-14-15-24(23,3)22(29)19(20)16-21(27-25-17-10-6-4-7-11-17)28-26-18-12-8-5-9-13-18/h4-13,16,20,25H,14-15H2,1-3H3. The lowest BCUT2D eigenvalue weighted by Gasteiger charge is -2.31. The second-order valence-corrected chi connectivity index (χ2v) is 8.56. The van der Waals surface area contributed by atoms with Gasteiger partial charge in [0.15, 0.2) is 11.6 Å². The van der Waals surface area contributed by atoms with Crippen LogP contribution in [0.5, 0.6) is 0 Å². The first-order valence-corrected chi connectivity index (χ1v) is 10.0. The van der Waals surface area contributed by atoms with Crippen LogP contribution in [0.1, 0.15) is 33.6 Å². The van der Waals surface area contributed by atoms with Crippen molar-refractivity contribution in [1.82, 2.24) is 0 Å². The minimum absolute atomic E-state index is 0.0511. The monoisotopic (exact) mass is 386 g/mol. The summed E-state index contributed by atoms with van der Waals surface area (Å²) in [5, 5.41) is 13.1. The number of para-hydroxylation sites is 1. The summed E-state index contributed by atoms with van der Waals surface area (Å²) in [4.78, 5) is 13.2. The van der Waals surface area contributed by atoms with Gasteiger partial charge in [0.1, 0.15) is 0 Å². The summed E-state index contributed by atoms with van der Waals surface area (Å²) in [7, 11) is 0. The fraction of sp³-hybridized carbons (Fsp3) is 0.333. The van der Waals surface area contributed by atoms with Crippen LogP contribution in [-0.2, 0) is 4.79 Å². The van der Waals surface area contributed by atoms with Crippen LogP contribution in [0.15, 0.2) is 87.6 Å². The highest BCUT2D eigenvalue weighted by Gasteiger charge is 2.63. The number of nitrogens with zero attached hydrogens (tertiary/aromatic N) is 3. The van der Waals surface area contributed by atoms with Gasteiger partial charge in [-0.05, 0) is 54.5 Å². The number of hydrogen-bond donors (Lipinski definition) is 1. The van der Waals surface area contributed by atoms with Crippen molar-refractivity contribution in [3.63, 3.8) is 0 Å². The number of amidine groups is 1. The predicted molar refractivity (Wildman–Crippen MR) is 116 cm³/mol. The molecule has 2 aliphatic carbocycles. The summed E-state index contributed by atoms with van der Waals surface area (Å²) in [6.07, 6.45) is 3.79. The zero-order valence-electron chi connectivity index (χ0n) is 17.1. The van der Waals surface area contributed by atoms with Gasteiger partial charge in [-0.3, -0.25) is 10.2 Å². The summed E-state index contributed by atoms with van der Waals surface area (Å²) in [5.41, 5.74) is 5.08. The first-order chi connectivity index (χ1) is 13.9. The number of benzene rings is 2. The zero-order chi connectivity index (χ0) is 20.5. The normalized spacial score (nSPS) is 27.1. The van der Waals surface area contributed by atoms with Crippen molar-refractivity contribution >= 4 is 23.0 Å². The molecule has 148 valence electrons. The summed E-state index contributed by atoms with van der Waals surface area (Å²) < 4.78 is 0. The van der Waals surface area contributed by atoms with E-state index in [1.807, 2.05) is 66.7 Å². The number of carbonyl (C=O) groups is 1. The lowest BCUT2D eigenvalue weighted by Crippen LogP contribution is -2.32. The third-order valence-corrected chi connectivity index (χ3v) is 6.75.